The highest BCUT2D eigenvalue weighted by Gasteiger charge is 2.43. The van der Waals surface area contributed by atoms with Crippen LogP contribution in [-0.2, 0) is 4.74 Å². The normalized spacial score (nSPS) is 30.6. The van der Waals surface area contributed by atoms with Gasteiger partial charge in [0.15, 0.2) is 6.23 Å². The first-order valence-corrected chi connectivity index (χ1v) is 5.75. The lowest BCUT2D eigenvalue weighted by Gasteiger charge is -2.18. The van der Waals surface area contributed by atoms with Crippen molar-refractivity contribution in [1.29, 1.82) is 0 Å². The summed E-state index contributed by atoms with van der Waals surface area (Å²) in [6, 6.07) is 0. The molecule has 2 heterocycles. The van der Waals surface area contributed by atoms with Crippen LogP contribution in [0, 0.1) is 6.92 Å². The van der Waals surface area contributed by atoms with Gasteiger partial charge >= 0.3 is 5.69 Å². The number of methoxy groups -OCH3 is 1. The van der Waals surface area contributed by atoms with Gasteiger partial charge in [0.2, 0.25) is 5.88 Å². The van der Waals surface area contributed by atoms with Crippen molar-refractivity contribution >= 4 is 0 Å². The van der Waals surface area contributed by atoms with Crippen molar-refractivity contribution in [3.63, 3.8) is 0 Å². The summed E-state index contributed by atoms with van der Waals surface area (Å²) in [5, 5.41) is 28.5. The van der Waals surface area contributed by atoms with Gasteiger partial charge in [0, 0.05) is 11.8 Å². The summed E-state index contributed by atoms with van der Waals surface area (Å²) in [6.07, 6.45) is -3.17. The Morgan fingerprint density at radius 3 is 2.68 bits per heavy atom. The molecule has 0 unspecified atom stereocenters. The number of hydrogen-bond donors (Lipinski definition) is 3. The van der Waals surface area contributed by atoms with Gasteiger partial charge in [-0.05, 0) is 6.92 Å². The number of ether oxygens (including phenoxy) is 2. The topological polar surface area (TPSA) is 114 Å². The van der Waals surface area contributed by atoms with Crippen LogP contribution in [-0.4, -0.2) is 56.9 Å². The standard InChI is InChI=1S/C11H16N2O6/c1-5-3-13(11(17)12-9(5)18-2)10-8(16)7(15)6(4-14)19-10/h3,6-8,10,14-16H,4H2,1-2H3/t6-,7+,8-,10-/m0/s1. The highest BCUT2D eigenvalue weighted by molar-refractivity contribution is 5.20. The predicted molar refractivity (Wildman–Crippen MR) is 62.8 cm³/mol. The molecule has 0 radical (unpaired) electrons. The van der Waals surface area contributed by atoms with Crippen molar-refractivity contribution in [2.24, 2.45) is 0 Å². The lowest BCUT2D eigenvalue weighted by atomic mass is 10.1. The number of nitrogens with zero attached hydrogens (tertiary/aromatic N) is 2. The van der Waals surface area contributed by atoms with Gasteiger partial charge in [-0.25, -0.2) is 4.79 Å². The Balaban J connectivity index is 2.38. The lowest BCUT2D eigenvalue weighted by molar-refractivity contribution is -0.0551. The highest BCUT2D eigenvalue weighted by Crippen LogP contribution is 2.28. The lowest BCUT2D eigenvalue weighted by Crippen LogP contribution is -2.36. The molecule has 0 aromatic carbocycles. The zero-order valence-corrected chi connectivity index (χ0v) is 10.6. The van der Waals surface area contributed by atoms with Crippen LogP contribution in [0.1, 0.15) is 11.8 Å². The van der Waals surface area contributed by atoms with Crippen molar-refractivity contribution in [3.05, 3.63) is 22.2 Å². The number of aliphatic hydroxyl groups excluding tert-OH is 3. The fraction of sp³-hybridized carbons (Fsp3) is 0.636. The summed E-state index contributed by atoms with van der Waals surface area (Å²) < 4.78 is 11.3. The summed E-state index contributed by atoms with van der Waals surface area (Å²) in [6.45, 7) is 1.23. The third-order valence-corrected chi connectivity index (χ3v) is 3.07. The minimum absolute atomic E-state index is 0.188. The minimum atomic E-state index is -1.32. The third kappa shape index (κ3) is 2.35. The van der Waals surface area contributed by atoms with Crippen LogP contribution in [0.3, 0.4) is 0 Å². The maximum atomic E-state index is 11.8. The Kier molecular flexibility index (Phi) is 3.85. The number of rotatable bonds is 3. The molecule has 0 amide bonds. The molecule has 0 aliphatic carbocycles. The predicted octanol–water partition coefficient (Wildman–Crippen LogP) is -1.83. The second-order valence-electron chi connectivity index (χ2n) is 4.35. The molecule has 0 saturated carbocycles. The van der Waals surface area contributed by atoms with E-state index in [4.69, 9.17) is 14.6 Å². The van der Waals surface area contributed by atoms with Crippen LogP contribution < -0.4 is 10.4 Å². The first kappa shape index (κ1) is 13.9. The Bertz CT molecular complexity index is 516. The molecule has 1 aromatic rings. The molecular formula is C11H16N2O6. The van der Waals surface area contributed by atoms with Crippen molar-refractivity contribution in [3.8, 4) is 5.88 Å². The van der Waals surface area contributed by atoms with Crippen LogP contribution in [0.5, 0.6) is 5.88 Å². The minimum Gasteiger partial charge on any atom is -0.481 e. The van der Waals surface area contributed by atoms with E-state index in [1.165, 1.54) is 13.3 Å². The van der Waals surface area contributed by atoms with Crippen LogP contribution in [0.25, 0.3) is 0 Å². The maximum Gasteiger partial charge on any atom is 0.353 e. The van der Waals surface area contributed by atoms with E-state index in [2.05, 4.69) is 4.98 Å². The third-order valence-electron chi connectivity index (χ3n) is 3.07. The summed E-state index contributed by atoms with van der Waals surface area (Å²) in [5.74, 6) is 0.188. The Labute approximate surface area is 108 Å². The van der Waals surface area contributed by atoms with E-state index in [1.54, 1.807) is 6.92 Å². The van der Waals surface area contributed by atoms with E-state index >= 15 is 0 Å². The van der Waals surface area contributed by atoms with Crippen molar-refractivity contribution in [2.45, 2.75) is 31.5 Å². The van der Waals surface area contributed by atoms with Gasteiger partial charge in [-0.2, -0.15) is 4.98 Å². The fourth-order valence-corrected chi connectivity index (χ4v) is 2.05. The molecule has 19 heavy (non-hydrogen) atoms. The molecular weight excluding hydrogens is 256 g/mol. The average Bonchev–Trinajstić information content (AvgIpc) is 2.68. The molecule has 3 N–H and O–H groups in total. The summed E-state index contributed by atoms with van der Waals surface area (Å²) in [5.41, 5.74) is -0.0860. The van der Waals surface area contributed by atoms with Crippen LogP contribution in [0.15, 0.2) is 11.0 Å². The maximum absolute atomic E-state index is 11.8. The Morgan fingerprint density at radius 1 is 1.47 bits per heavy atom. The molecule has 1 aliphatic heterocycles. The van der Waals surface area contributed by atoms with Gasteiger partial charge in [-0.3, -0.25) is 4.57 Å². The molecule has 106 valence electrons. The second-order valence-corrected chi connectivity index (χ2v) is 4.35. The van der Waals surface area contributed by atoms with E-state index < -0.39 is 36.8 Å². The first-order chi connectivity index (χ1) is 8.99. The summed E-state index contributed by atoms with van der Waals surface area (Å²) in [4.78, 5) is 15.5. The molecule has 0 spiro atoms. The van der Waals surface area contributed by atoms with Crippen LogP contribution in [0.4, 0.5) is 0 Å². The van der Waals surface area contributed by atoms with Crippen LogP contribution in [0.2, 0.25) is 0 Å². The van der Waals surface area contributed by atoms with Gasteiger partial charge in [-0.1, -0.05) is 0 Å². The molecule has 1 fully saturated rings. The quantitative estimate of drug-likeness (QED) is 0.593. The van der Waals surface area contributed by atoms with Gasteiger partial charge in [0.1, 0.15) is 18.3 Å². The number of aryl methyl sites for hydroxylation is 1. The van der Waals surface area contributed by atoms with E-state index in [0.29, 0.717) is 5.56 Å². The zero-order chi connectivity index (χ0) is 14.2. The number of hydrogen-bond acceptors (Lipinski definition) is 7. The molecule has 2 rings (SSSR count). The number of aromatic nitrogens is 2. The second kappa shape index (κ2) is 5.25. The molecule has 1 aromatic heterocycles. The average molecular weight is 272 g/mol. The van der Waals surface area contributed by atoms with Crippen molar-refractivity contribution in [2.75, 3.05) is 13.7 Å². The molecule has 8 nitrogen and oxygen atoms in total. The smallest absolute Gasteiger partial charge is 0.353 e. The molecule has 1 aliphatic rings. The molecule has 4 atom stereocenters. The van der Waals surface area contributed by atoms with E-state index in [1.807, 2.05) is 0 Å². The van der Waals surface area contributed by atoms with E-state index in [0.717, 1.165) is 4.57 Å². The van der Waals surface area contributed by atoms with Crippen LogP contribution >= 0.6 is 0 Å². The SMILES string of the molecule is COc1nc(=O)n([C@H]2O[C@@H](CO)[C@@H](O)[C@@H]2O)cc1C. The van der Waals surface area contributed by atoms with Gasteiger partial charge < -0.3 is 24.8 Å². The zero-order valence-electron chi connectivity index (χ0n) is 10.6. The van der Waals surface area contributed by atoms with Gasteiger partial charge in [0.05, 0.1) is 13.7 Å². The van der Waals surface area contributed by atoms with Gasteiger partial charge in [0.25, 0.3) is 0 Å². The van der Waals surface area contributed by atoms with Crippen molar-refractivity contribution < 1.29 is 24.8 Å². The Morgan fingerprint density at radius 2 is 2.16 bits per heavy atom. The fourth-order valence-electron chi connectivity index (χ4n) is 2.05. The molecule has 0 bridgehead atoms. The summed E-state index contributed by atoms with van der Waals surface area (Å²) >= 11 is 0. The highest BCUT2D eigenvalue weighted by atomic mass is 16.6. The largest absolute Gasteiger partial charge is 0.481 e. The van der Waals surface area contributed by atoms with E-state index in [9.17, 15) is 15.0 Å². The van der Waals surface area contributed by atoms with Crippen molar-refractivity contribution in [1.82, 2.24) is 9.55 Å². The monoisotopic (exact) mass is 272 g/mol. The van der Waals surface area contributed by atoms with E-state index in [-0.39, 0.29) is 5.88 Å². The molecule has 8 heteroatoms. The first-order valence-electron chi connectivity index (χ1n) is 5.75. The Hall–Kier alpha value is -1.48. The number of aliphatic hydroxyl groups is 3. The summed E-state index contributed by atoms with van der Waals surface area (Å²) in [7, 11) is 1.39. The molecule has 1 saturated heterocycles. The van der Waals surface area contributed by atoms with Gasteiger partial charge in [-0.15, -0.1) is 0 Å².